The maximum absolute atomic E-state index is 14.1. The molecule has 3 aliphatic heterocycles. The molecule has 2 aromatic heterocycles. The number of anilines is 3. The summed E-state index contributed by atoms with van der Waals surface area (Å²) in [5, 5.41) is 0.387. The van der Waals surface area contributed by atoms with Gasteiger partial charge in [-0.05, 0) is 38.1 Å². The third-order valence-electron chi connectivity index (χ3n) is 8.63. The van der Waals surface area contributed by atoms with Crippen LogP contribution in [0.1, 0.15) is 36.1 Å². The van der Waals surface area contributed by atoms with Crippen LogP contribution in [0.2, 0.25) is 5.02 Å². The molecule has 238 valence electrons. The fourth-order valence-electron chi connectivity index (χ4n) is 6.58. The summed E-state index contributed by atoms with van der Waals surface area (Å²) in [6.07, 6.45) is -2.82. The molecule has 0 radical (unpaired) electrons. The lowest BCUT2D eigenvalue weighted by Gasteiger charge is -2.39. The molecule has 3 amide bonds. The number of alkyl halides is 4. The van der Waals surface area contributed by atoms with Crippen LogP contribution < -0.4 is 14.7 Å². The van der Waals surface area contributed by atoms with Gasteiger partial charge in [-0.2, -0.15) is 13.2 Å². The Kier molecular flexibility index (Phi) is 7.97. The average Bonchev–Trinajstić information content (AvgIpc) is 3.52. The predicted molar refractivity (Wildman–Crippen MR) is 162 cm³/mol. The Bertz CT molecular complexity index is 1700. The van der Waals surface area contributed by atoms with E-state index in [-0.39, 0.29) is 48.9 Å². The van der Waals surface area contributed by atoms with E-state index in [1.54, 1.807) is 30.1 Å². The number of hydrogen-bond acceptors (Lipinski definition) is 6. The van der Waals surface area contributed by atoms with E-state index in [1.165, 1.54) is 11.8 Å². The molecule has 0 N–H and O–H groups in total. The topological polar surface area (TPSA) is 94.9 Å². The largest absolute Gasteiger partial charge is 0.416 e. The summed E-state index contributed by atoms with van der Waals surface area (Å²) >= 11 is 12.6. The summed E-state index contributed by atoms with van der Waals surface area (Å²) in [7, 11) is 1.56. The highest BCUT2D eigenvalue weighted by Gasteiger charge is 2.49. The quantitative estimate of drug-likeness (QED) is 0.378. The highest BCUT2D eigenvalue weighted by molar-refractivity contribution is 6.34. The van der Waals surface area contributed by atoms with Gasteiger partial charge in [0.05, 0.1) is 40.7 Å². The predicted octanol–water partition coefficient (Wildman–Crippen LogP) is 4.63. The number of imidazole rings is 1. The number of likely N-dealkylation sites (N-methyl/N-ethyl adjacent to an activating group) is 1. The summed E-state index contributed by atoms with van der Waals surface area (Å²) in [5.74, 6) is -1.36. The zero-order valence-electron chi connectivity index (χ0n) is 24.7. The number of para-hydroxylation sites is 1. The highest BCUT2D eigenvalue weighted by atomic mass is 35.5. The molecular weight excluding hydrogens is 634 g/mol. The number of fused-ring (bicyclic) bond motifs is 3. The van der Waals surface area contributed by atoms with Crippen LogP contribution >= 0.6 is 23.2 Å². The van der Waals surface area contributed by atoms with Gasteiger partial charge < -0.3 is 19.3 Å². The fraction of sp³-hybridized carbons (Fsp3) is 0.433. The van der Waals surface area contributed by atoms with Crippen LogP contribution in [0.15, 0.2) is 36.5 Å². The number of hydrogen-bond donors (Lipinski definition) is 0. The molecule has 0 bridgehead atoms. The molecule has 6 rings (SSSR count). The van der Waals surface area contributed by atoms with Crippen molar-refractivity contribution in [2.24, 2.45) is 5.92 Å². The van der Waals surface area contributed by atoms with Crippen molar-refractivity contribution < 1.29 is 27.6 Å². The maximum atomic E-state index is 14.1. The third-order valence-corrected chi connectivity index (χ3v) is 9.16. The zero-order chi connectivity index (χ0) is 32.4. The summed E-state index contributed by atoms with van der Waals surface area (Å²) in [6.45, 7) is 4.65. The van der Waals surface area contributed by atoms with Gasteiger partial charge in [0.15, 0.2) is 0 Å². The van der Waals surface area contributed by atoms with Crippen molar-refractivity contribution in [1.29, 1.82) is 0 Å². The van der Waals surface area contributed by atoms with Crippen molar-refractivity contribution in [2.75, 3.05) is 34.2 Å². The minimum atomic E-state index is -4.66. The fourth-order valence-corrected chi connectivity index (χ4v) is 7.02. The Labute approximate surface area is 267 Å². The van der Waals surface area contributed by atoms with Gasteiger partial charge >= 0.3 is 6.18 Å². The normalized spacial score (nSPS) is 21.8. The molecule has 10 nitrogen and oxygen atoms in total. The molecule has 5 heterocycles. The molecule has 0 saturated carbocycles. The van der Waals surface area contributed by atoms with E-state index in [0.29, 0.717) is 41.0 Å². The van der Waals surface area contributed by atoms with Crippen molar-refractivity contribution in [3.05, 3.63) is 64.3 Å². The van der Waals surface area contributed by atoms with Crippen LogP contribution in [-0.4, -0.2) is 68.7 Å². The second kappa shape index (κ2) is 11.5. The lowest BCUT2D eigenvalue weighted by atomic mass is 9.95. The Balaban J connectivity index is 1.39. The van der Waals surface area contributed by atoms with Crippen LogP contribution in [0.4, 0.5) is 30.4 Å². The molecule has 15 heteroatoms. The zero-order valence-corrected chi connectivity index (χ0v) is 26.2. The number of pyridine rings is 1. The minimum absolute atomic E-state index is 0.0749. The number of aryl methyl sites for hydroxylation is 1. The van der Waals surface area contributed by atoms with Crippen molar-refractivity contribution >= 4 is 58.1 Å². The summed E-state index contributed by atoms with van der Waals surface area (Å²) in [4.78, 5) is 55.1. The average molecular weight is 665 g/mol. The lowest BCUT2D eigenvalue weighted by Crippen LogP contribution is -2.52. The Morgan fingerprint density at radius 3 is 2.60 bits per heavy atom. The molecule has 45 heavy (non-hydrogen) atoms. The highest BCUT2D eigenvalue weighted by Crippen LogP contribution is 2.43. The Morgan fingerprint density at radius 2 is 1.89 bits per heavy atom. The van der Waals surface area contributed by atoms with Crippen LogP contribution in [0, 0.1) is 12.8 Å². The summed E-state index contributed by atoms with van der Waals surface area (Å²) in [6, 6.07) is 5.69. The molecule has 3 atom stereocenters. The van der Waals surface area contributed by atoms with Crippen molar-refractivity contribution in [3.8, 4) is 0 Å². The SMILES string of the molecule is Cc1cc(C(F)(F)F)cc(N2C(=O)C[C@@H]3CN(Cc4cn5c(n4)CN(C(=O)CCl)[C@@H](C)C5)c4c(Cl)cccc4N(C)C(=O)[C@H]32)n1. The van der Waals surface area contributed by atoms with E-state index in [0.717, 1.165) is 17.0 Å². The summed E-state index contributed by atoms with van der Waals surface area (Å²) in [5.41, 5.74) is 0.869. The van der Waals surface area contributed by atoms with Gasteiger partial charge in [-0.25, -0.2) is 9.97 Å². The van der Waals surface area contributed by atoms with Gasteiger partial charge in [-0.15, -0.1) is 11.6 Å². The van der Waals surface area contributed by atoms with Gasteiger partial charge in [0, 0.05) is 50.4 Å². The number of benzene rings is 1. The molecule has 0 spiro atoms. The van der Waals surface area contributed by atoms with Gasteiger partial charge in [0.2, 0.25) is 17.7 Å². The monoisotopic (exact) mass is 663 g/mol. The number of carbonyl (C=O) groups is 3. The lowest BCUT2D eigenvalue weighted by molar-refractivity contribution is -0.137. The van der Waals surface area contributed by atoms with Crippen molar-refractivity contribution in [2.45, 2.75) is 58.2 Å². The molecule has 0 unspecified atom stereocenters. The number of rotatable bonds is 4. The Hall–Kier alpha value is -3.84. The molecule has 1 saturated heterocycles. The molecule has 1 fully saturated rings. The number of carbonyl (C=O) groups excluding carboxylic acids is 3. The van der Waals surface area contributed by atoms with E-state index in [4.69, 9.17) is 28.2 Å². The number of amides is 3. The van der Waals surface area contributed by atoms with E-state index >= 15 is 0 Å². The number of aromatic nitrogens is 3. The molecule has 0 aliphatic carbocycles. The smallest absolute Gasteiger partial charge is 0.362 e. The molecule has 3 aromatic rings. The van der Waals surface area contributed by atoms with Gasteiger partial charge in [0.1, 0.15) is 23.6 Å². The van der Waals surface area contributed by atoms with Crippen LogP contribution in [-0.2, 0) is 40.2 Å². The molecule has 1 aromatic carbocycles. The van der Waals surface area contributed by atoms with E-state index < -0.39 is 35.5 Å². The van der Waals surface area contributed by atoms with E-state index in [9.17, 15) is 27.6 Å². The minimum Gasteiger partial charge on any atom is -0.362 e. The van der Waals surface area contributed by atoms with E-state index in [2.05, 4.69) is 4.98 Å². The van der Waals surface area contributed by atoms with Gasteiger partial charge in [0.25, 0.3) is 0 Å². The second-order valence-corrected chi connectivity index (χ2v) is 12.4. The van der Waals surface area contributed by atoms with Crippen LogP contribution in [0.25, 0.3) is 0 Å². The number of nitrogens with zero attached hydrogens (tertiary/aromatic N) is 7. The second-order valence-electron chi connectivity index (χ2n) is 11.7. The van der Waals surface area contributed by atoms with Crippen molar-refractivity contribution in [3.63, 3.8) is 0 Å². The first kappa shape index (κ1) is 31.2. The standard InChI is InChI=1S/C30H30Cl2F3N7O3/c1-16-7-19(30(33,34)35)9-23(36-16)42-25(43)8-18-12-40(28-21(32)5-4-6-22(28)38(3)29(45)27(18)42)14-20-13-39-11-17(2)41(26(44)10-31)15-24(39)37-20/h4-7,9,13,17-18,27H,8,10-12,14-15H2,1-3H3/t17-,18+,27-/m0/s1. The molecular formula is C30H30Cl2F3N7O3. The first-order valence-electron chi connectivity index (χ1n) is 14.4. The first-order valence-corrected chi connectivity index (χ1v) is 15.3. The van der Waals surface area contributed by atoms with E-state index in [1.807, 2.05) is 22.6 Å². The first-order chi connectivity index (χ1) is 21.3. The third kappa shape index (κ3) is 5.60. The van der Waals surface area contributed by atoms with Crippen LogP contribution in [0.5, 0.6) is 0 Å². The van der Waals surface area contributed by atoms with Crippen molar-refractivity contribution in [1.82, 2.24) is 19.4 Å². The summed E-state index contributed by atoms with van der Waals surface area (Å²) < 4.78 is 43.1. The number of halogens is 5. The van der Waals surface area contributed by atoms with Gasteiger partial charge in [-0.1, -0.05) is 17.7 Å². The molecule has 3 aliphatic rings. The van der Waals surface area contributed by atoms with Crippen LogP contribution in [0.3, 0.4) is 0 Å². The maximum Gasteiger partial charge on any atom is 0.416 e. The Morgan fingerprint density at radius 1 is 1.13 bits per heavy atom. The van der Waals surface area contributed by atoms with Gasteiger partial charge in [-0.3, -0.25) is 19.3 Å².